The van der Waals surface area contributed by atoms with Crippen LogP contribution in [0.4, 0.5) is 0 Å². The quantitative estimate of drug-likeness (QED) is 0.296. The molecule has 0 spiro atoms. The molecule has 0 aliphatic carbocycles. The van der Waals surface area contributed by atoms with Crippen molar-refractivity contribution in [3.05, 3.63) is 66.7 Å². The van der Waals surface area contributed by atoms with Gasteiger partial charge in [0.05, 0.1) is 29.3 Å². The highest BCUT2D eigenvalue weighted by atomic mass is 32.1. The van der Waals surface area contributed by atoms with Gasteiger partial charge >= 0.3 is 0 Å². The van der Waals surface area contributed by atoms with Crippen LogP contribution < -0.4 is 10.1 Å². The minimum atomic E-state index is 0.222. The first-order valence-electron chi connectivity index (χ1n) is 12.0. The summed E-state index contributed by atoms with van der Waals surface area (Å²) in [7, 11) is 0. The molecule has 36 heavy (non-hydrogen) atoms. The van der Waals surface area contributed by atoms with Gasteiger partial charge in [-0.1, -0.05) is 6.07 Å². The Morgan fingerprint density at radius 2 is 1.81 bits per heavy atom. The minimum Gasteiger partial charge on any atom is -0.489 e. The predicted octanol–water partition coefficient (Wildman–Crippen LogP) is 5.42. The molecule has 1 aliphatic heterocycles. The zero-order chi connectivity index (χ0) is 23.9. The lowest BCUT2D eigenvalue weighted by atomic mass is 10.1. The Morgan fingerprint density at radius 3 is 2.69 bits per heavy atom. The second-order valence-corrected chi connectivity index (χ2v) is 9.93. The van der Waals surface area contributed by atoms with Gasteiger partial charge in [-0.3, -0.25) is 15.1 Å². The average Bonchev–Trinajstić information content (AvgIpc) is 3.68. The molecule has 6 aromatic heterocycles. The minimum absolute atomic E-state index is 0.222. The summed E-state index contributed by atoms with van der Waals surface area (Å²) < 4.78 is 6.21. The third-order valence-electron chi connectivity index (χ3n) is 6.65. The number of fused-ring (bicyclic) bond motifs is 2. The molecule has 6 aromatic rings. The van der Waals surface area contributed by atoms with Gasteiger partial charge < -0.3 is 15.0 Å². The van der Waals surface area contributed by atoms with Crippen molar-refractivity contribution in [3.8, 4) is 38.7 Å². The lowest BCUT2D eigenvalue weighted by molar-refractivity contribution is 0.162. The standard InChI is InChI=1S/C27H23N7OS/c1-2-25(36-7-1)22-14-30-15-24-20(22)10-23(32-24)26-21-9-17(12-31-27(21)34-33-26)16-8-19(13-29-11-16)35-18-3-5-28-6-4-18/h1-2,7-15,18,28,32H,3-6H2,(H,31,33,34). The molecule has 3 N–H and O–H groups in total. The van der Waals surface area contributed by atoms with Crippen molar-refractivity contribution >= 4 is 33.3 Å². The van der Waals surface area contributed by atoms with E-state index in [0.717, 1.165) is 76.0 Å². The number of aromatic amines is 2. The van der Waals surface area contributed by atoms with Crippen molar-refractivity contribution in [1.29, 1.82) is 0 Å². The first-order valence-corrected chi connectivity index (χ1v) is 12.9. The number of nitrogens with one attached hydrogen (secondary N) is 3. The number of thiophene rings is 1. The lowest BCUT2D eigenvalue weighted by Gasteiger charge is -2.23. The zero-order valence-corrected chi connectivity index (χ0v) is 20.2. The number of piperidine rings is 1. The van der Waals surface area contributed by atoms with Crippen LogP contribution in [-0.4, -0.2) is 49.3 Å². The molecule has 0 saturated carbocycles. The average molecular weight is 494 g/mol. The summed E-state index contributed by atoms with van der Waals surface area (Å²) in [5, 5.41) is 15.2. The Bertz CT molecular complexity index is 1660. The number of H-pyrrole nitrogens is 2. The van der Waals surface area contributed by atoms with Crippen molar-refractivity contribution in [2.45, 2.75) is 18.9 Å². The van der Waals surface area contributed by atoms with E-state index in [1.165, 1.54) is 4.88 Å². The van der Waals surface area contributed by atoms with Crippen LogP contribution in [0.3, 0.4) is 0 Å². The van der Waals surface area contributed by atoms with E-state index in [1.54, 1.807) is 17.5 Å². The number of rotatable bonds is 5. The number of aromatic nitrogens is 6. The summed E-state index contributed by atoms with van der Waals surface area (Å²) in [5.74, 6) is 0.788. The van der Waals surface area contributed by atoms with E-state index in [2.05, 4.69) is 65.1 Å². The number of nitrogens with zero attached hydrogens (tertiary/aromatic N) is 4. The fourth-order valence-corrected chi connectivity index (χ4v) is 5.57. The van der Waals surface area contributed by atoms with Crippen LogP contribution in [0.25, 0.3) is 54.9 Å². The van der Waals surface area contributed by atoms with Crippen molar-refractivity contribution in [2.75, 3.05) is 13.1 Å². The number of hydrogen-bond donors (Lipinski definition) is 3. The molecule has 7 rings (SSSR count). The van der Waals surface area contributed by atoms with E-state index in [-0.39, 0.29) is 6.10 Å². The Labute approximate surface area is 210 Å². The second kappa shape index (κ2) is 8.85. The highest BCUT2D eigenvalue weighted by molar-refractivity contribution is 7.13. The summed E-state index contributed by atoms with van der Waals surface area (Å²) in [6, 6.07) is 10.5. The Balaban J connectivity index is 1.26. The van der Waals surface area contributed by atoms with Gasteiger partial charge in [0.15, 0.2) is 5.65 Å². The molecule has 0 atom stereocenters. The van der Waals surface area contributed by atoms with Crippen LogP contribution in [0, 0.1) is 0 Å². The molecule has 1 aliphatic rings. The van der Waals surface area contributed by atoms with Gasteiger partial charge in [-0.15, -0.1) is 11.3 Å². The van der Waals surface area contributed by atoms with E-state index in [9.17, 15) is 0 Å². The third kappa shape index (κ3) is 3.82. The zero-order valence-electron chi connectivity index (χ0n) is 19.4. The van der Waals surface area contributed by atoms with E-state index in [0.29, 0.717) is 5.65 Å². The Morgan fingerprint density at radius 1 is 0.917 bits per heavy atom. The second-order valence-electron chi connectivity index (χ2n) is 8.98. The van der Waals surface area contributed by atoms with Gasteiger partial charge in [-0.05, 0) is 55.6 Å². The first-order chi connectivity index (χ1) is 17.8. The van der Waals surface area contributed by atoms with Gasteiger partial charge in [0.1, 0.15) is 11.9 Å². The third-order valence-corrected chi connectivity index (χ3v) is 7.55. The first kappa shape index (κ1) is 21.2. The summed E-state index contributed by atoms with van der Waals surface area (Å²) in [4.78, 5) is 18.2. The SMILES string of the molecule is c1csc(-c2cncc3[nH]c(-c4[nH]nc5ncc(-c6cncc(OC7CCNCC7)c6)cc45)cc23)c1. The largest absolute Gasteiger partial charge is 0.489 e. The van der Waals surface area contributed by atoms with Crippen LogP contribution in [0.2, 0.25) is 0 Å². The van der Waals surface area contributed by atoms with E-state index >= 15 is 0 Å². The molecule has 178 valence electrons. The van der Waals surface area contributed by atoms with Crippen molar-refractivity contribution in [2.24, 2.45) is 0 Å². The molecule has 0 bridgehead atoms. The fraction of sp³-hybridized carbons (Fsp3) is 0.185. The van der Waals surface area contributed by atoms with Crippen molar-refractivity contribution in [1.82, 2.24) is 35.5 Å². The van der Waals surface area contributed by atoms with E-state index in [1.807, 2.05) is 30.9 Å². The molecular weight excluding hydrogens is 470 g/mol. The number of ether oxygens (including phenoxy) is 1. The molecule has 1 fully saturated rings. The lowest BCUT2D eigenvalue weighted by Crippen LogP contribution is -2.34. The van der Waals surface area contributed by atoms with Crippen LogP contribution in [-0.2, 0) is 0 Å². The maximum absolute atomic E-state index is 6.21. The fourth-order valence-electron chi connectivity index (χ4n) is 4.82. The van der Waals surface area contributed by atoms with Crippen molar-refractivity contribution in [3.63, 3.8) is 0 Å². The van der Waals surface area contributed by atoms with Crippen LogP contribution in [0.15, 0.2) is 66.7 Å². The molecule has 8 nitrogen and oxygen atoms in total. The monoisotopic (exact) mass is 493 g/mol. The maximum atomic E-state index is 6.21. The van der Waals surface area contributed by atoms with E-state index < -0.39 is 0 Å². The van der Waals surface area contributed by atoms with E-state index in [4.69, 9.17) is 4.74 Å². The predicted molar refractivity (Wildman–Crippen MR) is 142 cm³/mol. The summed E-state index contributed by atoms with van der Waals surface area (Å²) in [6.45, 7) is 1.97. The number of hydrogen-bond acceptors (Lipinski definition) is 7. The van der Waals surface area contributed by atoms with Gasteiger partial charge in [-0.25, -0.2) is 4.98 Å². The summed E-state index contributed by atoms with van der Waals surface area (Å²) >= 11 is 1.71. The summed E-state index contributed by atoms with van der Waals surface area (Å²) in [6.07, 6.45) is 11.5. The van der Waals surface area contributed by atoms with Gasteiger partial charge in [0.25, 0.3) is 0 Å². The maximum Gasteiger partial charge on any atom is 0.181 e. The molecule has 0 unspecified atom stereocenters. The van der Waals surface area contributed by atoms with Crippen molar-refractivity contribution < 1.29 is 4.74 Å². The smallest absolute Gasteiger partial charge is 0.181 e. The molecule has 7 heterocycles. The van der Waals surface area contributed by atoms with Gasteiger partial charge in [0, 0.05) is 50.9 Å². The molecule has 0 aromatic carbocycles. The van der Waals surface area contributed by atoms with Gasteiger partial charge in [-0.2, -0.15) is 5.10 Å². The Hall–Kier alpha value is -4.08. The number of pyridine rings is 3. The highest BCUT2D eigenvalue weighted by Gasteiger charge is 2.17. The normalized spacial score (nSPS) is 14.6. The molecule has 1 saturated heterocycles. The van der Waals surface area contributed by atoms with Crippen LogP contribution >= 0.6 is 11.3 Å². The summed E-state index contributed by atoms with van der Waals surface area (Å²) in [5.41, 5.74) is 6.52. The molecular formula is C27H23N7OS. The van der Waals surface area contributed by atoms with Crippen LogP contribution in [0.1, 0.15) is 12.8 Å². The molecule has 0 radical (unpaired) electrons. The Kier molecular flexibility index (Phi) is 5.22. The molecule has 9 heteroatoms. The highest BCUT2D eigenvalue weighted by Crippen LogP contribution is 2.35. The molecule has 0 amide bonds. The topological polar surface area (TPSA) is 104 Å². The van der Waals surface area contributed by atoms with Gasteiger partial charge in [0.2, 0.25) is 0 Å². The van der Waals surface area contributed by atoms with Crippen LogP contribution in [0.5, 0.6) is 5.75 Å².